The molecule has 83 valence electrons. The van der Waals surface area contributed by atoms with Crippen molar-refractivity contribution in [1.82, 2.24) is 4.57 Å². The third-order valence-corrected chi connectivity index (χ3v) is 2.71. The van der Waals surface area contributed by atoms with Gasteiger partial charge >= 0.3 is 5.97 Å². The average Bonchev–Trinajstić information content (AvgIpc) is 2.68. The molecule has 0 N–H and O–H groups in total. The fraction of sp³-hybridized carbons (Fsp3) is 0.0769. The Bertz CT molecular complexity index is 645. The van der Waals surface area contributed by atoms with E-state index >= 15 is 0 Å². The van der Waals surface area contributed by atoms with Crippen molar-refractivity contribution < 1.29 is 9.53 Å². The van der Waals surface area contributed by atoms with E-state index in [1.807, 2.05) is 6.07 Å². The van der Waals surface area contributed by atoms with E-state index in [1.54, 1.807) is 30.5 Å². The first kappa shape index (κ1) is 9.84. The van der Waals surface area contributed by atoms with Crippen molar-refractivity contribution in [3.63, 3.8) is 0 Å². The Morgan fingerprint density at radius 3 is 2.88 bits per heavy atom. The van der Waals surface area contributed by atoms with Crippen molar-refractivity contribution in [3.05, 3.63) is 70.1 Å². The predicted molar refractivity (Wildman–Crippen MR) is 59.5 cm³/mol. The number of cyclic esters (lactones) is 1. The molecule has 2 heterocycles. The van der Waals surface area contributed by atoms with E-state index in [2.05, 4.69) is 6.07 Å². The third-order valence-electron chi connectivity index (χ3n) is 2.71. The number of carbonyl (C=O) groups is 1. The van der Waals surface area contributed by atoms with Crippen molar-refractivity contribution in [2.24, 2.45) is 0 Å². The minimum absolute atomic E-state index is 0.248. The summed E-state index contributed by atoms with van der Waals surface area (Å²) in [6, 6.07) is 12.7. The molecule has 1 aliphatic heterocycles. The zero-order chi connectivity index (χ0) is 11.8. The highest BCUT2D eigenvalue weighted by Crippen LogP contribution is 2.30. The van der Waals surface area contributed by atoms with Gasteiger partial charge in [0, 0.05) is 17.8 Å². The Hall–Kier alpha value is -2.36. The van der Waals surface area contributed by atoms with Gasteiger partial charge in [0.15, 0.2) is 0 Å². The lowest BCUT2D eigenvalue weighted by molar-refractivity contribution is 0.0313. The second kappa shape index (κ2) is 3.59. The number of benzene rings is 1. The third kappa shape index (κ3) is 1.45. The lowest BCUT2D eigenvalue weighted by Crippen LogP contribution is -2.24. The van der Waals surface area contributed by atoms with Crippen LogP contribution in [0, 0.1) is 6.07 Å². The number of carbonyl (C=O) groups excluding carboxylic acids is 1. The van der Waals surface area contributed by atoms with Crippen LogP contribution in [0.1, 0.15) is 22.1 Å². The van der Waals surface area contributed by atoms with Crippen molar-refractivity contribution in [2.75, 3.05) is 0 Å². The first-order valence-corrected chi connectivity index (χ1v) is 5.15. The normalized spacial score (nSPS) is 17.6. The fourth-order valence-electron chi connectivity index (χ4n) is 1.92. The highest BCUT2D eigenvalue weighted by Gasteiger charge is 2.31. The standard InChI is InChI=1S/C13H8NO3/c15-11-7-3-4-8-14(11)12-9-5-1-2-6-10(9)13(16)17-12/h1-2,4-8,12H. The average molecular weight is 226 g/mol. The molecule has 0 fully saturated rings. The van der Waals surface area contributed by atoms with Gasteiger partial charge in [-0.25, -0.2) is 4.79 Å². The molecule has 17 heavy (non-hydrogen) atoms. The van der Waals surface area contributed by atoms with Gasteiger partial charge in [-0.2, -0.15) is 0 Å². The van der Waals surface area contributed by atoms with Crippen LogP contribution in [0.15, 0.2) is 47.4 Å². The number of fused-ring (bicyclic) bond motifs is 1. The van der Waals surface area contributed by atoms with E-state index < -0.39 is 12.2 Å². The van der Waals surface area contributed by atoms with Crippen LogP contribution in [0.25, 0.3) is 0 Å². The van der Waals surface area contributed by atoms with Crippen molar-refractivity contribution in [1.29, 1.82) is 0 Å². The molecule has 0 saturated heterocycles. The summed E-state index contributed by atoms with van der Waals surface area (Å²) in [6.07, 6.45) is 0.892. The molecule has 1 aromatic heterocycles. The number of pyridine rings is 1. The molecule has 0 spiro atoms. The van der Waals surface area contributed by atoms with Crippen LogP contribution in [0.5, 0.6) is 0 Å². The minimum atomic E-state index is -0.666. The first-order chi connectivity index (χ1) is 8.27. The molecule has 1 aliphatic rings. The molecular formula is C13H8NO3. The lowest BCUT2D eigenvalue weighted by Gasteiger charge is -2.13. The molecule has 0 saturated carbocycles. The molecule has 0 aliphatic carbocycles. The van der Waals surface area contributed by atoms with Crippen LogP contribution in [0.3, 0.4) is 0 Å². The number of rotatable bonds is 1. The Labute approximate surface area is 97.1 Å². The zero-order valence-electron chi connectivity index (χ0n) is 8.79. The second-order valence-electron chi connectivity index (χ2n) is 3.72. The Morgan fingerprint density at radius 1 is 1.24 bits per heavy atom. The number of aromatic nitrogens is 1. The number of esters is 1. The summed E-state index contributed by atoms with van der Waals surface area (Å²) >= 11 is 0. The topological polar surface area (TPSA) is 48.3 Å². The molecule has 1 unspecified atom stereocenters. The number of hydrogen-bond acceptors (Lipinski definition) is 3. The molecule has 4 nitrogen and oxygen atoms in total. The maximum atomic E-state index is 11.7. The smallest absolute Gasteiger partial charge is 0.340 e. The molecule has 1 aromatic carbocycles. The second-order valence-corrected chi connectivity index (χ2v) is 3.72. The molecule has 2 aromatic rings. The van der Waals surface area contributed by atoms with Crippen LogP contribution in [0.4, 0.5) is 0 Å². The maximum absolute atomic E-state index is 11.7. The lowest BCUT2D eigenvalue weighted by atomic mass is 10.1. The van der Waals surface area contributed by atoms with Gasteiger partial charge in [-0.05, 0) is 18.2 Å². The van der Waals surface area contributed by atoms with Crippen LogP contribution < -0.4 is 5.56 Å². The predicted octanol–water partition coefficient (Wildman–Crippen LogP) is 1.37. The van der Waals surface area contributed by atoms with E-state index in [9.17, 15) is 9.59 Å². The van der Waals surface area contributed by atoms with E-state index in [1.165, 1.54) is 10.6 Å². The summed E-state index contributed by atoms with van der Waals surface area (Å²) in [7, 11) is 0. The SMILES string of the molecule is O=C1OC(n2cc[c]cc2=O)c2ccccc21. The number of nitrogens with zero attached hydrogens (tertiary/aromatic N) is 1. The Balaban J connectivity index is 2.17. The van der Waals surface area contributed by atoms with Gasteiger partial charge in [-0.3, -0.25) is 9.36 Å². The summed E-state index contributed by atoms with van der Waals surface area (Å²) < 4.78 is 6.58. The molecular weight excluding hydrogens is 218 g/mol. The van der Waals surface area contributed by atoms with Gasteiger partial charge in [0.25, 0.3) is 5.56 Å². The summed E-state index contributed by atoms with van der Waals surface area (Å²) in [4.78, 5) is 23.3. The van der Waals surface area contributed by atoms with E-state index in [0.29, 0.717) is 11.1 Å². The number of hydrogen-bond donors (Lipinski definition) is 0. The van der Waals surface area contributed by atoms with Gasteiger partial charge < -0.3 is 4.74 Å². The van der Waals surface area contributed by atoms with Crippen LogP contribution in [-0.2, 0) is 4.74 Å². The molecule has 0 bridgehead atoms. The Kier molecular flexibility index (Phi) is 2.08. The fourth-order valence-corrected chi connectivity index (χ4v) is 1.92. The maximum Gasteiger partial charge on any atom is 0.340 e. The van der Waals surface area contributed by atoms with Crippen molar-refractivity contribution in [2.45, 2.75) is 6.23 Å². The molecule has 0 amide bonds. The summed E-state index contributed by atoms with van der Waals surface area (Å²) in [5, 5.41) is 0. The highest BCUT2D eigenvalue weighted by atomic mass is 16.6. The first-order valence-electron chi connectivity index (χ1n) is 5.15. The zero-order valence-corrected chi connectivity index (χ0v) is 8.79. The van der Waals surface area contributed by atoms with Gasteiger partial charge in [0.05, 0.1) is 5.56 Å². The van der Waals surface area contributed by atoms with Gasteiger partial charge in [-0.15, -0.1) is 0 Å². The van der Waals surface area contributed by atoms with Gasteiger partial charge in [0.1, 0.15) is 0 Å². The highest BCUT2D eigenvalue weighted by molar-refractivity contribution is 5.93. The number of ether oxygens (including phenoxy) is 1. The summed E-state index contributed by atoms with van der Waals surface area (Å²) in [6.45, 7) is 0. The molecule has 1 radical (unpaired) electrons. The van der Waals surface area contributed by atoms with E-state index in [0.717, 1.165) is 0 Å². The van der Waals surface area contributed by atoms with Crippen molar-refractivity contribution in [3.8, 4) is 0 Å². The summed E-state index contributed by atoms with van der Waals surface area (Å²) in [5.41, 5.74) is 0.977. The van der Waals surface area contributed by atoms with E-state index in [4.69, 9.17) is 4.74 Å². The van der Waals surface area contributed by atoms with Crippen LogP contribution in [0.2, 0.25) is 0 Å². The minimum Gasteiger partial charge on any atom is -0.433 e. The van der Waals surface area contributed by atoms with Gasteiger partial charge in [-0.1, -0.05) is 18.2 Å². The molecule has 3 rings (SSSR count). The van der Waals surface area contributed by atoms with Crippen molar-refractivity contribution >= 4 is 5.97 Å². The van der Waals surface area contributed by atoms with Crippen LogP contribution >= 0.6 is 0 Å². The monoisotopic (exact) mass is 226 g/mol. The molecule has 1 atom stereocenters. The van der Waals surface area contributed by atoms with Crippen LogP contribution in [-0.4, -0.2) is 10.5 Å². The van der Waals surface area contributed by atoms with E-state index in [-0.39, 0.29) is 5.56 Å². The van der Waals surface area contributed by atoms with Gasteiger partial charge in [0.2, 0.25) is 6.23 Å². The quantitative estimate of drug-likeness (QED) is 0.690. The summed E-state index contributed by atoms with van der Waals surface area (Å²) in [5.74, 6) is -0.398. The largest absolute Gasteiger partial charge is 0.433 e. The Morgan fingerprint density at radius 2 is 2.06 bits per heavy atom. The molecule has 4 heteroatoms.